The minimum Gasteiger partial charge on any atom is -0.494 e. The van der Waals surface area contributed by atoms with Crippen LogP contribution in [-0.4, -0.2) is 19.3 Å². The number of hydrogen-bond donors (Lipinski definition) is 1. The third kappa shape index (κ3) is 7.57. The first kappa shape index (κ1) is 20.4. The van der Waals surface area contributed by atoms with E-state index in [0.717, 1.165) is 24.5 Å². The SMILES string of the molecule is CCCCCCCOc1ccc(NCC(C)Oc2ccccc2Cl)cc1. The molecule has 0 saturated carbocycles. The second-order valence-electron chi connectivity index (χ2n) is 6.53. The van der Waals surface area contributed by atoms with Crippen molar-refractivity contribution >= 4 is 17.3 Å². The molecule has 0 amide bonds. The number of rotatable bonds is 12. The van der Waals surface area contributed by atoms with Crippen LogP contribution in [0, 0.1) is 0 Å². The third-order valence-electron chi connectivity index (χ3n) is 4.13. The van der Waals surface area contributed by atoms with Gasteiger partial charge in [0, 0.05) is 5.69 Å². The van der Waals surface area contributed by atoms with E-state index >= 15 is 0 Å². The molecule has 2 aromatic carbocycles. The summed E-state index contributed by atoms with van der Waals surface area (Å²) in [7, 11) is 0. The Balaban J connectivity index is 1.67. The third-order valence-corrected chi connectivity index (χ3v) is 4.44. The molecular weight excluding hydrogens is 346 g/mol. The zero-order valence-corrected chi connectivity index (χ0v) is 16.6. The van der Waals surface area contributed by atoms with Gasteiger partial charge in [-0.2, -0.15) is 0 Å². The van der Waals surface area contributed by atoms with Crippen LogP contribution in [0.1, 0.15) is 46.0 Å². The van der Waals surface area contributed by atoms with E-state index in [9.17, 15) is 0 Å². The van der Waals surface area contributed by atoms with Gasteiger partial charge < -0.3 is 14.8 Å². The highest BCUT2D eigenvalue weighted by Crippen LogP contribution is 2.24. The number of nitrogens with one attached hydrogen (secondary N) is 1. The Bertz CT molecular complexity index is 630. The molecule has 0 radical (unpaired) electrons. The number of halogens is 1. The van der Waals surface area contributed by atoms with Crippen molar-refractivity contribution in [3.63, 3.8) is 0 Å². The summed E-state index contributed by atoms with van der Waals surface area (Å²) in [5.41, 5.74) is 1.05. The van der Waals surface area contributed by atoms with Gasteiger partial charge in [0.1, 0.15) is 17.6 Å². The van der Waals surface area contributed by atoms with Crippen molar-refractivity contribution in [2.24, 2.45) is 0 Å². The van der Waals surface area contributed by atoms with E-state index in [1.165, 1.54) is 25.7 Å². The van der Waals surface area contributed by atoms with Crippen molar-refractivity contribution in [2.75, 3.05) is 18.5 Å². The summed E-state index contributed by atoms with van der Waals surface area (Å²) in [6.45, 7) is 5.74. The largest absolute Gasteiger partial charge is 0.494 e. The molecule has 142 valence electrons. The molecule has 26 heavy (non-hydrogen) atoms. The van der Waals surface area contributed by atoms with E-state index < -0.39 is 0 Å². The Morgan fingerprint density at radius 2 is 1.69 bits per heavy atom. The smallest absolute Gasteiger partial charge is 0.138 e. The second kappa shape index (κ2) is 11.7. The molecule has 0 heterocycles. The van der Waals surface area contributed by atoms with Gasteiger partial charge in [0.25, 0.3) is 0 Å². The van der Waals surface area contributed by atoms with Gasteiger partial charge in [-0.3, -0.25) is 0 Å². The van der Waals surface area contributed by atoms with Gasteiger partial charge in [-0.05, 0) is 49.7 Å². The van der Waals surface area contributed by atoms with Gasteiger partial charge in [-0.1, -0.05) is 56.3 Å². The summed E-state index contributed by atoms with van der Waals surface area (Å²) < 4.78 is 11.7. The van der Waals surface area contributed by atoms with E-state index in [1.807, 2.05) is 55.5 Å². The average molecular weight is 376 g/mol. The monoisotopic (exact) mass is 375 g/mol. The van der Waals surface area contributed by atoms with Gasteiger partial charge in [0.2, 0.25) is 0 Å². The molecule has 2 rings (SSSR count). The Morgan fingerprint density at radius 1 is 0.962 bits per heavy atom. The lowest BCUT2D eigenvalue weighted by Crippen LogP contribution is -2.22. The number of ether oxygens (including phenoxy) is 2. The number of unbranched alkanes of at least 4 members (excludes halogenated alkanes) is 4. The van der Waals surface area contributed by atoms with Gasteiger partial charge in [-0.25, -0.2) is 0 Å². The fourth-order valence-electron chi connectivity index (χ4n) is 2.62. The van der Waals surface area contributed by atoms with E-state index in [0.29, 0.717) is 17.3 Å². The summed E-state index contributed by atoms with van der Waals surface area (Å²) in [5, 5.41) is 4.01. The first-order valence-corrected chi connectivity index (χ1v) is 9.94. The van der Waals surface area contributed by atoms with Gasteiger partial charge in [-0.15, -0.1) is 0 Å². The summed E-state index contributed by atoms with van der Waals surface area (Å²) in [6.07, 6.45) is 6.27. The standard InChI is InChI=1S/C22H30ClNO2/c1-3-4-5-6-9-16-25-20-14-12-19(13-15-20)24-17-18(2)26-22-11-8-7-10-21(22)23/h7-8,10-15,18,24H,3-6,9,16-17H2,1-2H3. The molecule has 1 atom stereocenters. The molecule has 0 aliphatic rings. The van der Waals surface area contributed by atoms with Crippen molar-refractivity contribution in [2.45, 2.75) is 52.1 Å². The van der Waals surface area contributed by atoms with E-state index in [2.05, 4.69) is 12.2 Å². The van der Waals surface area contributed by atoms with Crippen LogP contribution in [0.4, 0.5) is 5.69 Å². The summed E-state index contributed by atoms with van der Waals surface area (Å²) in [6, 6.07) is 15.6. The molecule has 0 spiro atoms. The second-order valence-corrected chi connectivity index (χ2v) is 6.93. The number of hydrogen-bond acceptors (Lipinski definition) is 3. The maximum absolute atomic E-state index is 6.12. The first-order chi connectivity index (χ1) is 12.7. The van der Waals surface area contributed by atoms with Crippen LogP contribution in [0.5, 0.6) is 11.5 Å². The summed E-state index contributed by atoms with van der Waals surface area (Å²) in [5.74, 6) is 1.64. The molecule has 3 nitrogen and oxygen atoms in total. The van der Waals surface area contributed by atoms with Crippen molar-refractivity contribution in [3.8, 4) is 11.5 Å². The van der Waals surface area contributed by atoms with Crippen LogP contribution in [-0.2, 0) is 0 Å². The van der Waals surface area contributed by atoms with Crippen LogP contribution >= 0.6 is 11.6 Å². The number of benzene rings is 2. The van der Waals surface area contributed by atoms with Crippen LogP contribution < -0.4 is 14.8 Å². The minimum absolute atomic E-state index is 0.00828. The lowest BCUT2D eigenvalue weighted by Gasteiger charge is -2.17. The molecule has 0 aromatic heterocycles. The highest BCUT2D eigenvalue weighted by molar-refractivity contribution is 6.32. The normalized spacial score (nSPS) is 11.8. The maximum Gasteiger partial charge on any atom is 0.138 e. The topological polar surface area (TPSA) is 30.5 Å². The molecule has 2 aromatic rings. The lowest BCUT2D eigenvalue weighted by atomic mass is 10.2. The Hall–Kier alpha value is -1.87. The zero-order chi connectivity index (χ0) is 18.6. The first-order valence-electron chi connectivity index (χ1n) is 9.57. The molecule has 0 fully saturated rings. The Morgan fingerprint density at radius 3 is 2.42 bits per heavy atom. The van der Waals surface area contributed by atoms with E-state index in [1.54, 1.807) is 0 Å². The van der Waals surface area contributed by atoms with Crippen LogP contribution in [0.25, 0.3) is 0 Å². The molecule has 0 aliphatic carbocycles. The molecular formula is C22H30ClNO2. The quantitative estimate of drug-likeness (QED) is 0.425. The molecule has 0 saturated heterocycles. The summed E-state index contributed by atoms with van der Waals surface area (Å²) >= 11 is 6.12. The molecule has 1 N–H and O–H groups in total. The van der Waals surface area contributed by atoms with Gasteiger partial charge in [0.05, 0.1) is 18.2 Å². The van der Waals surface area contributed by atoms with Crippen LogP contribution in [0.2, 0.25) is 5.02 Å². The average Bonchev–Trinajstić information content (AvgIpc) is 2.66. The van der Waals surface area contributed by atoms with Gasteiger partial charge in [0.15, 0.2) is 0 Å². The number of para-hydroxylation sites is 1. The minimum atomic E-state index is 0.00828. The highest BCUT2D eigenvalue weighted by Gasteiger charge is 2.07. The zero-order valence-electron chi connectivity index (χ0n) is 15.8. The Kier molecular flexibility index (Phi) is 9.19. The van der Waals surface area contributed by atoms with Crippen LogP contribution in [0.3, 0.4) is 0 Å². The van der Waals surface area contributed by atoms with Crippen LogP contribution in [0.15, 0.2) is 48.5 Å². The molecule has 4 heteroatoms. The fraction of sp³-hybridized carbons (Fsp3) is 0.455. The lowest BCUT2D eigenvalue weighted by molar-refractivity contribution is 0.235. The van der Waals surface area contributed by atoms with Gasteiger partial charge >= 0.3 is 0 Å². The molecule has 0 bridgehead atoms. The van der Waals surface area contributed by atoms with E-state index in [-0.39, 0.29) is 6.10 Å². The Labute approximate surface area is 162 Å². The van der Waals surface area contributed by atoms with Crippen molar-refractivity contribution < 1.29 is 9.47 Å². The predicted octanol–water partition coefficient (Wildman–Crippen LogP) is 6.57. The predicted molar refractivity (Wildman–Crippen MR) is 111 cm³/mol. The van der Waals surface area contributed by atoms with Crippen molar-refractivity contribution in [1.82, 2.24) is 0 Å². The summed E-state index contributed by atoms with van der Waals surface area (Å²) in [4.78, 5) is 0. The highest BCUT2D eigenvalue weighted by atomic mass is 35.5. The molecule has 1 unspecified atom stereocenters. The van der Waals surface area contributed by atoms with Crippen molar-refractivity contribution in [1.29, 1.82) is 0 Å². The van der Waals surface area contributed by atoms with E-state index in [4.69, 9.17) is 21.1 Å². The van der Waals surface area contributed by atoms with Crippen molar-refractivity contribution in [3.05, 3.63) is 53.6 Å². The number of anilines is 1. The molecule has 0 aliphatic heterocycles. The fourth-order valence-corrected chi connectivity index (χ4v) is 2.81. The maximum atomic E-state index is 6.12.